The van der Waals surface area contributed by atoms with Gasteiger partial charge in [0.15, 0.2) is 5.58 Å². The lowest BCUT2D eigenvalue weighted by atomic mass is 10.2. The minimum atomic E-state index is 0.779. The number of hydrogen-bond donors (Lipinski definition) is 0. The molecule has 2 rings (SSSR count). The molecule has 0 N–H and O–H groups in total. The van der Waals surface area contributed by atoms with Gasteiger partial charge >= 0.3 is 0 Å². The van der Waals surface area contributed by atoms with E-state index in [0.717, 1.165) is 29.5 Å². The van der Waals surface area contributed by atoms with E-state index in [0.29, 0.717) is 0 Å². The summed E-state index contributed by atoms with van der Waals surface area (Å²) in [6.45, 7) is 2.13. The Morgan fingerprint density at radius 1 is 1.50 bits per heavy atom. The normalized spacial score (nSPS) is 10.8. The van der Waals surface area contributed by atoms with Gasteiger partial charge in [0.05, 0.1) is 11.9 Å². The number of aromatic nitrogens is 2. The van der Waals surface area contributed by atoms with Crippen LogP contribution < -0.4 is 0 Å². The summed E-state index contributed by atoms with van der Waals surface area (Å²) in [5.74, 6) is 0. The molecule has 2 heterocycles. The first-order valence-corrected chi connectivity index (χ1v) is 4.10. The number of fused-ring (bicyclic) bond motifs is 1. The smallest absolute Gasteiger partial charge is 0.185 e. The molecule has 0 bridgehead atoms. The standard InChI is InChI=1S/C9H10N2O/c1-2-3-8-7-4-5-10-6-9(7)12-11-8/h4-6H,2-3H2,1H3. The molecule has 0 saturated heterocycles. The number of aryl methyl sites for hydroxylation is 1. The van der Waals surface area contributed by atoms with Crippen LogP contribution in [0.4, 0.5) is 0 Å². The molecule has 0 aliphatic rings. The zero-order valence-electron chi connectivity index (χ0n) is 6.95. The maximum atomic E-state index is 5.09. The zero-order chi connectivity index (χ0) is 8.39. The number of rotatable bonds is 2. The summed E-state index contributed by atoms with van der Waals surface area (Å²) in [6, 6.07) is 1.94. The number of nitrogens with zero attached hydrogens (tertiary/aromatic N) is 2. The van der Waals surface area contributed by atoms with Gasteiger partial charge in [0, 0.05) is 11.6 Å². The van der Waals surface area contributed by atoms with Crippen LogP contribution >= 0.6 is 0 Å². The van der Waals surface area contributed by atoms with Gasteiger partial charge in [0.2, 0.25) is 0 Å². The molecule has 0 aliphatic carbocycles. The molecule has 0 atom stereocenters. The molecule has 0 aromatic carbocycles. The Bertz CT molecular complexity index is 381. The highest BCUT2D eigenvalue weighted by Crippen LogP contribution is 2.17. The van der Waals surface area contributed by atoms with E-state index in [2.05, 4.69) is 17.1 Å². The van der Waals surface area contributed by atoms with E-state index >= 15 is 0 Å². The molecule has 2 aromatic rings. The first-order chi connectivity index (χ1) is 5.92. The van der Waals surface area contributed by atoms with Gasteiger partial charge in [-0.3, -0.25) is 4.98 Å². The van der Waals surface area contributed by atoms with E-state index in [-0.39, 0.29) is 0 Å². The highest BCUT2D eigenvalue weighted by Gasteiger charge is 2.05. The molecule has 0 amide bonds. The fourth-order valence-electron chi connectivity index (χ4n) is 1.26. The second kappa shape index (κ2) is 2.93. The predicted octanol–water partition coefficient (Wildman–Crippen LogP) is 2.18. The first-order valence-electron chi connectivity index (χ1n) is 4.10. The van der Waals surface area contributed by atoms with E-state index in [1.165, 1.54) is 0 Å². The van der Waals surface area contributed by atoms with Crippen molar-refractivity contribution in [1.29, 1.82) is 0 Å². The van der Waals surface area contributed by atoms with E-state index in [4.69, 9.17) is 4.52 Å². The van der Waals surface area contributed by atoms with E-state index in [1.807, 2.05) is 6.07 Å². The van der Waals surface area contributed by atoms with Crippen molar-refractivity contribution in [2.45, 2.75) is 19.8 Å². The molecule has 12 heavy (non-hydrogen) atoms. The lowest BCUT2D eigenvalue weighted by molar-refractivity contribution is 0.445. The van der Waals surface area contributed by atoms with Crippen LogP contribution in [0.25, 0.3) is 11.0 Å². The van der Waals surface area contributed by atoms with Crippen molar-refractivity contribution >= 4 is 11.0 Å². The van der Waals surface area contributed by atoms with Crippen LogP contribution in [0.2, 0.25) is 0 Å². The van der Waals surface area contributed by atoms with E-state index in [9.17, 15) is 0 Å². The summed E-state index contributed by atoms with van der Waals surface area (Å²) in [7, 11) is 0. The van der Waals surface area contributed by atoms with Gasteiger partial charge in [-0.15, -0.1) is 0 Å². The maximum absolute atomic E-state index is 5.09. The summed E-state index contributed by atoms with van der Waals surface area (Å²) in [5.41, 5.74) is 1.82. The van der Waals surface area contributed by atoms with Crippen molar-refractivity contribution in [2.24, 2.45) is 0 Å². The molecule has 62 valence electrons. The van der Waals surface area contributed by atoms with Crippen molar-refractivity contribution in [1.82, 2.24) is 10.1 Å². The van der Waals surface area contributed by atoms with E-state index < -0.39 is 0 Å². The summed E-state index contributed by atoms with van der Waals surface area (Å²) < 4.78 is 5.09. The van der Waals surface area contributed by atoms with Crippen molar-refractivity contribution in [3.05, 3.63) is 24.2 Å². The van der Waals surface area contributed by atoms with Crippen LogP contribution in [0.1, 0.15) is 19.0 Å². The van der Waals surface area contributed by atoms with Gasteiger partial charge in [-0.05, 0) is 12.5 Å². The Kier molecular flexibility index (Phi) is 1.78. The lowest BCUT2D eigenvalue weighted by Crippen LogP contribution is -1.82. The van der Waals surface area contributed by atoms with Gasteiger partial charge in [-0.2, -0.15) is 0 Å². The summed E-state index contributed by atoms with van der Waals surface area (Å²) in [5, 5.41) is 5.06. The topological polar surface area (TPSA) is 38.9 Å². The second-order valence-corrected chi connectivity index (χ2v) is 2.75. The highest BCUT2D eigenvalue weighted by molar-refractivity contribution is 5.78. The van der Waals surface area contributed by atoms with Crippen LogP contribution in [0.5, 0.6) is 0 Å². The quantitative estimate of drug-likeness (QED) is 0.679. The average molecular weight is 162 g/mol. The minimum Gasteiger partial charge on any atom is -0.354 e. The fourth-order valence-corrected chi connectivity index (χ4v) is 1.26. The third kappa shape index (κ3) is 1.07. The Balaban J connectivity index is 2.55. The van der Waals surface area contributed by atoms with Gasteiger partial charge in [-0.25, -0.2) is 0 Å². The molecule has 0 fully saturated rings. The van der Waals surface area contributed by atoms with Crippen LogP contribution in [0, 0.1) is 0 Å². The van der Waals surface area contributed by atoms with Crippen LogP contribution in [-0.4, -0.2) is 10.1 Å². The monoisotopic (exact) mass is 162 g/mol. The van der Waals surface area contributed by atoms with Gasteiger partial charge in [-0.1, -0.05) is 18.5 Å². The zero-order valence-corrected chi connectivity index (χ0v) is 6.95. The molecule has 0 saturated carbocycles. The summed E-state index contributed by atoms with van der Waals surface area (Å²) in [6.07, 6.45) is 5.52. The molecule has 2 aromatic heterocycles. The average Bonchev–Trinajstić information content (AvgIpc) is 2.50. The molecule has 3 nitrogen and oxygen atoms in total. The van der Waals surface area contributed by atoms with Gasteiger partial charge in [0.25, 0.3) is 0 Å². The Morgan fingerprint density at radius 3 is 3.25 bits per heavy atom. The Labute approximate surface area is 70.4 Å². The van der Waals surface area contributed by atoms with E-state index in [1.54, 1.807) is 12.4 Å². The van der Waals surface area contributed by atoms with Gasteiger partial charge in [0.1, 0.15) is 0 Å². The van der Waals surface area contributed by atoms with Gasteiger partial charge < -0.3 is 4.52 Å². The Morgan fingerprint density at radius 2 is 2.42 bits per heavy atom. The summed E-state index contributed by atoms with van der Waals surface area (Å²) in [4.78, 5) is 3.95. The largest absolute Gasteiger partial charge is 0.354 e. The fraction of sp³-hybridized carbons (Fsp3) is 0.333. The maximum Gasteiger partial charge on any atom is 0.185 e. The van der Waals surface area contributed by atoms with Crippen molar-refractivity contribution < 1.29 is 4.52 Å². The van der Waals surface area contributed by atoms with Crippen LogP contribution in [-0.2, 0) is 6.42 Å². The molecule has 0 spiro atoms. The first kappa shape index (κ1) is 7.28. The third-order valence-electron chi connectivity index (χ3n) is 1.84. The van der Waals surface area contributed by atoms with Crippen molar-refractivity contribution in [3.63, 3.8) is 0 Å². The third-order valence-corrected chi connectivity index (χ3v) is 1.84. The molecular formula is C9H10N2O. The number of pyridine rings is 1. The SMILES string of the molecule is CCCc1noc2cnccc12. The molecule has 3 heteroatoms. The minimum absolute atomic E-state index is 0.779. The molecule has 0 unspecified atom stereocenters. The van der Waals surface area contributed by atoms with Crippen molar-refractivity contribution in [3.8, 4) is 0 Å². The summed E-state index contributed by atoms with van der Waals surface area (Å²) >= 11 is 0. The van der Waals surface area contributed by atoms with Crippen molar-refractivity contribution in [2.75, 3.05) is 0 Å². The predicted molar refractivity (Wildman–Crippen MR) is 45.8 cm³/mol. The van der Waals surface area contributed by atoms with Crippen LogP contribution in [0.15, 0.2) is 23.0 Å². The van der Waals surface area contributed by atoms with Crippen LogP contribution in [0.3, 0.4) is 0 Å². The Hall–Kier alpha value is -1.38. The highest BCUT2D eigenvalue weighted by atomic mass is 16.5. The number of hydrogen-bond acceptors (Lipinski definition) is 3. The molecule has 0 aliphatic heterocycles. The lowest BCUT2D eigenvalue weighted by Gasteiger charge is -1.89. The molecule has 0 radical (unpaired) electrons. The molecular weight excluding hydrogens is 152 g/mol. The second-order valence-electron chi connectivity index (χ2n) is 2.75.